The van der Waals surface area contributed by atoms with Crippen LogP contribution in [0.2, 0.25) is 0 Å². The first-order valence-electron chi connectivity index (χ1n) is 6.37. The first-order chi connectivity index (χ1) is 7.31. The van der Waals surface area contributed by atoms with E-state index in [-0.39, 0.29) is 0 Å². The SMILES string of the molecule is CCCC(=N)N1CCCN2CCCC2C1. The molecular formula is C12H23N3. The maximum Gasteiger partial charge on any atom is 0.0958 e. The second-order valence-electron chi connectivity index (χ2n) is 4.83. The van der Waals surface area contributed by atoms with Crippen molar-refractivity contribution in [3.63, 3.8) is 0 Å². The Bertz CT molecular complexity index is 227. The molecule has 0 radical (unpaired) electrons. The number of nitrogens with zero attached hydrogens (tertiary/aromatic N) is 2. The van der Waals surface area contributed by atoms with Gasteiger partial charge in [0.2, 0.25) is 0 Å². The summed E-state index contributed by atoms with van der Waals surface area (Å²) in [5.41, 5.74) is 0. The molecule has 86 valence electrons. The largest absolute Gasteiger partial charge is 0.359 e. The summed E-state index contributed by atoms with van der Waals surface area (Å²) in [7, 11) is 0. The Morgan fingerprint density at radius 2 is 2.07 bits per heavy atom. The van der Waals surface area contributed by atoms with Crippen LogP contribution in [-0.4, -0.2) is 47.9 Å². The van der Waals surface area contributed by atoms with Crippen molar-refractivity contribution < 1.29 is 0 Å². The molecule has 0 bridgehead atoms. The Kier molecular flexibility index (Phi) is 3.62. The predicted molar refractivity (Wildman–Crippen MR) is 63.4 cm³/mol. The van der Waals surface area contributed by atoms with Crippen LogP contribution in [0.1, 0.15) is 39.0 Å². The second-order valence-corrected chi connectivity index (χ2v) is 4.83. The highest BCUT2D eigenvalue weighted by Crippen LogP contribution is 2.21. The third-order valence-electron chi connectivity index (χ3n) is 3.67. The smallest absolute Gasteiger partial charge is 0.0958 e. The molecule has 3 nitrogen and oxygen atoms in total. The summed E-state index contributed by atoms with van der Waals surface area (Å²) in [4.78, 5) is 4.94. The van der Waals surface area contributed by atoms with E-state index in [1.165, 1.54) is 32.4 Å². The Morgan fingerprint density at radius 1 is 1.27 bits per heavy atom. The van der Waals surface area contributed by atoms with Crippen LogP contribution in [0.5, 0.6) is 0 Å². The lowest BCUT2D eigenvalue weighted by Crippen LogP contribution is -2.39. The monoisotopic (exact) mass is 209 g/mol. The topological polar surface area (TPSA) is 30.3 Å². The van der Waals surface area contributed by atoms with Gasteiger partial charge < -0.3 is 4.90 Å². The van der Waals surface area contributed by atoms with E-state index in [4.69, 9.17) is 5.41 Å². The Morgan fingerprint density at radius 3 is 2.87 bits per heavy atom. The molecule has 1 unspecified atom stereocenters. The van der Waals surface area contributed by atoms with Crippen molar-refractivity contribution in [3.8, 4) is 0 Å². The maximum atomic E-state index is 8.04. The molecule has 3 heteroatoms. The van der Waals surface area contributed by atoms with Crippen LogP contribution in [0, 0.1) is 5.41 Å². The lowest BCUT2D eigenvalue weighted by molar-refractivity contribution is 0.254. The number of amidine groups is 1. The molecule has 2 rings (SSSR count). The van der Waals surface area contributed by atoms with Crippen molar-refractivity contribution in [2.24, 2.45) is 0 Å². The zero-order valence-electron chi connectivity index (χ0n) is 9.84. The highest BCUT2D eigenvalue weighted by molar-refractivity contribution is 5.79. The average Bonchev–Trinajstić information content (AvgIpc) is 2.56. The number of fused-ring (bicyclic) bond motifs is 1. The van der Waals surface area contributed by atoms with E-state index in [2.05, 4.69) is 16.7 Å². The predicted octanol–water partition coefficient (Wildman–Crippen LogP) is 1.93. The number of hydrogen-bond acceptors (Lipinski definition) is 2. The van der Waals surface area contributed by atoms with E-state index in [0.717, 1.165) is 37.8 Å². The van der Waals surface area contributed by atoms with Crippen molar-refractivity contribution in [1.29, 1.82) is 5.41 Å². The molecule has 0 aromatic rings. The molecule has 2 aliphatic heterocycles. The van der Waals surface area contributed by atoms with Gasteiger partial charge in [-0.25, -0.2) is 0 Å². The first-order valence-corrected chi connectivity index (χ1v) is 6.37. The normalized spacial score (nSPS) is 27.5. The quantitative estimate of drug-likeness (QED) is 0.556. The van der Waals surface area contributed by atoms with Crippen LogP contribution in [0.4, 0.5) is 0 Å². The van der Waals surface area contributed by atoms with E-state index < -0.39 is 0 Å². The molecule has 0 spiro atoms. The molecule has 2 fully saturated rings. The standard InChI is InChI=1S/C12H23N3/c1-2-5-12(13)15-9-4-8-14-7-3-6-11(14)10-15/h11,13H,2-10H2,1H3. The van der Waals surface area contributed by atoms with Crippen LogP contribution in [0.3, 0.4) is 0 Å². The average molecular weight is 209 g/mol. The maximum absolute atomic E-state index is 8.04. The van der Waals surface area contributed by atoms with Crippen molar-refractivity contribution in [3.05, 3.63) is 0 Å². The second kappa shape index (κ2) is 4.97. The summed E-state index contributed by atoms with van der Waals surface area (Å²) in [6.45, 7) is 6.92. The molecule has 2 heterocycles. The van der Waals surface area contributed by atoms with Gasteiger partial charge in [0.1, 0.15) is 0 Å². The highest BCUT2D eigenvalue weighted by Gasteiger charge is 2.29. The van der Waals surface area contributed by atoms with Crippen LogP contribution in [0.25, 0.3) is 0 Å². The minimum atomic E-state index is 0.740. The van der Waals surface area contributed by atoms with E-state index in [9.17, 15) is 0 Å². The molecule has 15 heavy (non-hydrogen) atoms. The van der Waals surface area contributed by atoms with Gasteiger partial charge in [-0.05, 0) is 32.2 Å². The lowest BCUT2D eigenvalue weighted by atomic mass is 10.2. The summed E-state index contributed by atoms with van der Waals surface area (Å²) in [5, 5.41) is 8.04. The summed E-state index contributed by atoms with van der Waals surface area (Å²) in [5.74, 6) is 0.867. The molecule has 0 aromatic heterocycles. The van der Waals surface area contributed by atoms with Gasteiger partial charge in [-0.1, -0.05) is 6.92 Å². The van der Waals surface area contributed by atoms with E-state index in [0.29, 0.717) is 0 Å². The molecule has 0 saturated carbocycles. The van der Waals surface area contributed by atoms with Crippen molar-refractivity contribution >= 4 is 5.84 Å². The number of rotatable bonds is 2. The molecule has 0 aliphatic carbocycles. The highest BCUT2D eigenvalue weighted by atomic mass is 15.3. The zero-order valence-corrected chi connectivity index (χ0v) is 9.84. The van der Waals surface area contributed by atoms with E-state index in [1.807, 2.05) is 0 Å². The van der Waals surface area contributed by atoms with Crippen LogP contribution in [0.15, 0.2) is 0 Å². The number of hydrogen-bond donors (Lipinski definition) is 1. The summed E-state index contributed by atoms with van der Waals surface area (Å²) in [6.07, 6.45) is 5.99. The van der Waals surface area contributed by atoms with Gasteiger partial charge in [0.25, 0.3) is 0 Å². The lowest BCUT2D eigenvalue weighted by Gasteiger charge is -2.27. The third-order valence-corrected chi connectivity index (χ3v) is 3.67. The van der Waals surface area contributed by atoms with Gasteiger partial charge in [0.15, 0.2) is 0 Å². The molecule has 2 saturated heterocycles. The minimum Gasteiger partial charge on any atom is -0.359 e. The van der Waals surface area contributed by atoms with Crippen LogP contribution in [-0.2, 0) is 0 Å². The molecule has 0 aromatic carbocycles. The van der Waals surface area contributed by atoms with Crippen LogP contribution >= 0.6 is 0 Å². The Hall–Kier alpha value is -0.570. The Balaban J connectivity index is 1.93. The summed E-state index contributed by atoms with van der Waals surface area (Å²) < 4.78 is 0. The zero-order chi connectivity index (χ0) is 10.7. The first kappa shape index (κ1) is 10.9. The van der Waals surface area contributed by atoms with Crippen molar-refractivity contribution in [2.45, 2.75) is 45.1 Å². The van der Waals surface area contributed by atoms with Crippen molar-refractivity contribution in [1.82, 2.24) is 9.80 Å². The molecular weight excluding hydrogens is 186 g/mol. The fourth-order valence-corrected chi connectivity index (χ4v) is 2.85. The third kappa shape index (κ3) is 2.51. The van der Waals surface area contributed by atoms with Gasteiger partial charge >= 0.3 is 0 Å². The van der Waals surface area contributed by atoms with E-state index in [1.54, 1.807) is 0 Å². The Labute approximate surface area is 92.9 Å². The van der Waals surface area contributed by atoms with Gasteiger partial charge in [-0.2, -0.15) is 0 Å². The van der Waals surface area contributed by atoms with E-state index >= 15 is 0 Å². The molecule has 1 atom stereocenters. The van der Waals surface area contributed by atoms with Crippen LogP contribution < -0.4 is 0 Å². The van der Waals surface area contributed by atoms with Gasteiger partial charge in [-0.3, -0.25) is 10.3 Å². The summed E-state index contributed by atoms with van der Waals surface area (Å²) in [6, 6.07) is 0.740. The molecule has 1 N–H and O–H groups in total. The van der Waals surface area contributed by atoms with Gasteiger partial charge in [-0.15, -0.1) is 0 Å². The number of nitrogens with one attached hydrogen (secondary N) is 1. The molecule has 0 amide bonds. The minimum absolute atomic E-state index is 0.740. The fraction of sp³-hybridized carbons (Fsp3) is 0.917. The fourth-order valence-electron chi connectivity index (χ4n) is 2.85. The van der Waals surface area contributed by atoms with Crippen molar-refractivity contribution in [2.75, 3.05) is 26.2 Å². The summed E-state index contributed by atoms with van der Waals surface area (Å²) >= 11 is 0. The molecule has 2 aliphatic rings. The van der Waals surface area contributed by atoms with Gasteiger partial charge in [0.05, 0.1) is 5.84 Å². The van der Waals surface area contributed by atoms with Gasteiger partial charge in [0, 0.05) is 32.1 Å².